The molecule has 0 heterocycles. The number of carbonyl (C=O) groups excluding carboxylic acids is 1. The SMILES string of the molecule is CCC(CC)C(=O)N[C@@H](Cc1cccc(C#N)c1)C(=O)O. The van der Waals surface area contributed by atoms with E-state index in [0.29, 0.717) is 24.0 Å². The van der Waals surface area contributed by atoms with Crippen LogP contribution in [0.2, 0.25) is 0 Å². The normalized spacial score (nSPS) is 11.7. The highest BCUT2D eigenvalue weighted by atomic mass is 16.4. The summed E-state index contributed by atoms with van der Waals surface area (Å²) < 4.78 is 0. The number of carboxylic acid groups (broad SMARTS) is 1. The molecular formula is C16H20N2O3. The number of carboxylic acids is 1. The number of nitrogens with zero attached hydrogens (tertiary/aromatic N) is 1. The molecular weight excluding hydrogens is 268 g/mol. The molecule has 0 aliphatic heterocycles. The first-order valence-corrected chi connectivity index (χ1v) is 7.04. The van der Waals surface area contributed by atoms with Gasteiger partial charge >= 0.3 is 5.97 Å². The topological polar surface area (TPSA) is 90.2 Å². The van der Waals surface area contributed by atoms with Crippen LogP contribution in [-0.2, 0) is 16.0 Å². The van der Waals surface area contributed by atoms with Crippen LogP contribution in [0.4, 0.5) is 0 Å². The molecule has 0 unspecified atom stereocenters. The summed E-state index contributed by atoms with van der Waals surface area (Å²) in [6.07, 6.45) is 1.52. The summed E-state index contributed by atoms with van der Waals surface area (Å²) in [7, 11) is 0. The minimum absolute atomic E-state index is 0.163. The van der Waals surface area contributed by atoms with E-state index in [-0.39, 0.29) is 18.2 Å². The zero-order chi connectivity index (χ0) is 15.8. The molecule has 5 heteroatoms. The van der Waals surface area contributed by atoms with Crippen LogP contribution in [0, 0.1) is 17.2 Å². The van der Waals surface area contributed by atoms with Crippen molar-refractivity contribution in [1.29, 1.82) is 5.26 Å². The van der Waals surface area contributed by atoms with Crippen molar-refractivity contribution in [3.63, 3.8) is 0 Å². The molecule has 0 bridgehead atoms. The second-order valence-corrected chi connectivity index (χ2v) is 4.93. The van der Waals surface area contributed by atoms with Gasteiger partial charge in [0.15, 0.2) is 0 Å². The third-order valence-electron chi connectivity index (χ3n) is 3.47. The van der Waals surface area contributed by atoms with Crippen LogP contribution in [0.5, 0.6) is 0 Å². The van der Waals surface area contributed by atoms with Gasteiger partial charge in [0, 0.05) is 12.3 Å². The average Bonchev–Trinajstić information content (AvgIpc) is 2.48. The van der Waals surface area contributed by atoms with Gasteiger partial charge in [0.2, 0.25) is 5.91 Å². The molecule has 0 saturated carbocycles. The molecule has 0 aliphatic carbocycles. The smallest absolute Gasteiger partial charge is 0.326 e. The Morgan fingerprint density at radius 2 is 2.00 bits per heavy atom. The minimum atomic E-state index is -1.07. The fraction of sp³-hybridized carbons (Fsp3) is 0.438. The Labute approximate surface area is 124 Å². The van der Waals surface area contributed by atoms with Crippen LogP contribution in [0.3, 0.4) is 0 Å². The molecule has 0 saturated heterocycles. The lowest BCUT2D eigenvalue weighted by molar-refractivity contribution is -0.142. The van der Waals surface area contributed by atoms with Gasteiger partial charge in [-0.15, -0.1) is 0 Å². The zero-order valence-electron chi connectivity index (χ0n) is 12.3. The minimum Gasteiger partial charge on any atom is -0.480 e. The molecule has 0 fully saturated rings. The summed E-state index contributed by atoms with van der Waals surface area (Å²) >= 11 is 0. The fourth-order valence-corrected chi connectivity index (χ4v) is 2.15. The number of nitrogens with one attached hydrogen (secondary N) is 1. The van der Waals surface area contributed by atoms with E-state index in [1.807, 2.05) is 19.9 Å². The van der Waals surface area contributed by atoms with E-state index in [4.69, 9.17) is 5.26 Å². The molecule has 1 atom stereocenters. The average molecular weight is 288 g/mol. The molecule has 1 rings (SSSR count). The van der Waals surface area contributed by atoms with Crippen molar-refractivity contribution in [3.8, 4) is 6.07 Å². The lowest BCUT2D eigenvalue weighted by Gasteiger charge is -2.18. The monoisotopic (exact) mass is 288 g/mol. The molecule has 0 aliphatic rings. The van der Waals surface area contributed by atoms with E-state index >= 15 is 0 Å². The van der Waals surface area contributed by atoms with Gasteiger partial charge < -0.3 is 10.4 Å². The number of nitriles is 1. The summed E-state index contributed by atoms with van der Waals surface area (Å²) in [4.78, 5) is 23.3. The molecule has 0 aromatic heterocycles. The molecule has 1 aromatic carbocycles. The lowest BCUT2D eigenvalue weighted by atomic mass is 10.00. The molecule has 5 nitrogen and oxygen atoms in total. The zero-order valence-corrected chi connectivity index (χ0v) is 12.3. The first kappa shape index (κ1) is 16.7. The Balaban J connectivity index is 2.81. The number of hydrogen-bond donors (Lipinski definition) is 2. The predicted molar refractivity (Wildman–Crippen MR) is 78.5 cm³/mol. The van der Waals surface area contributed by atoms with Crippen LogP contribution >= 0.6 is 0 Å². The summed E-state index contributed by atoms with van der Waals surface area (Å²) in [5.74, 6) is -1.47. The summed E-state index contributed by atoms with van der Waals surface area (Å²) in [5, 5.41) is 20.7. The first-order valence-electron chi connectivity index (χ1n) is 7.04. The standard InChI is InChI=1S/C16H20N2O3/c1-3-13(4-2)15(19)18-14(16(20)21)9-11-6-5-7-12(8-11)10-17/h5-8,13-14H,3-4,9H2,1-2H3,(H,18,19)(H,20,21)/t14-/m0/s1. The molecule has 112 valence electrons. The fourth-order valence-electron chi connectivity index (χ4n) is 2.15. The van der Waals surface area contributed by atoms with Crippen molar-refractivity contribution < 1.29 is 14.7 Å². The maximum Gasteiger partial charge on any atom is 0.326 e. The highest BCUT2D eigenvalue weighted by molar-refractivity contribution is 5.85. The van der Waals surface area contributed by atoms with Crippen LogP contribution in [0.15, 0.2) is 24.3 Å². The molecule has 2 N–H and O–H groups in total. The van der Waals surface area contributed by atoms with Crippen molar-refractivity contribution >= 4 is 11.9 Å². The number of carbonyl (C=O) groups is 2. The van der Waals surface area contributed by atoms with E-state index in [9.17, 15) is 14.7 Å². The Morgan fingerprint density at radius 3 is 2.52 bits per heavy atom. The van der Waals surface area contributed by atoms with Gasteiger partial charge in [-0.3, -0.25) is 4.79 Å². The second-order valence-electron chi connectivity index (χ2n) is 4.93. The highest BCUT2D eigenvalue weighted by Crippen LogP contribution is 2.11. The quantitative estimate of drug-likeness (QED) is 0.804. The maximum atomic E-state index is 12.0. The molecule has 1 amide bonds. The third-order valence-corrected chi connectivity index (χ3v) is 3.47. The lowest BCUT2D eigenvalue weighted by Crippen LogP contribution is -2.44. The van der Waals surface area contributed by atoms with E-state index in [1.54, 1.807) is 24.3 Å². The number of aliphatic carboxylic acids is 1. The molecule has 21 heavy (non-hydrogen) atoms. The Bertz CT molecular complexity index is 545. The largest absolute Gasteiger partial charge is 0.480 e. The summed E-state index contributed by atoms with van der Waals surface area (Å²) in [6.45, 7) is 3.81. The number of benzene rings is 1. The van der Waals surface area contributed by atoms with Crippen molar-refractivity contribution in [2.24, 2.45) is 5.92 Å². The van der Waals surface area contributed by atoms with Crippen molar-refractivity contribution in [2.75, 3.05) is 0 Å². The van der Waals surface area contributed by atoms with Crippen LogP contribution in [0.25, 0.3) is 0 Å². The summed E-state index contributed by atoms with van der Waals surface area (Å²) in [6, 6.07) is 7.78. The molecule has 0 spiro atoms. The van der Waals surface area contributed by atoms with Gasteiger partial charge in [0.25, 0.3) is 0 Å². The van der Waals surface area contributed by atoms with Gasteiger partial charge in [-0.25, -0.2) is 4.79 Å². The number of hydrogen-bond acceptors (Lipinski definition) is 3. The van der Waals surface area contributed by atoms with Gasteiger partial charge in [-0.05, 0) is 30.5 Å². The van der Waals surface area contributed by atoms with Crippen LogP contribution in [-0.4, -0.2) is 23.0 Å². The molecule has 0 radical (unpaired) electrons. The third kappa shape index (κ3) is 4.92. The Morgan fingerprint density at radius 1 is 1.33 bits per heavy atom. The Hall–Kier alpha value is -2.35. The Kier molecular flexibility index (Phi) is 6.41. The van der Waals surface area contributed by atoms with E-state index < -0.39 is 12.0 Å². The second kappa shape index (κ2) is 8.05. The van der Waals surface area contributed by atoms with Crippen LogP contribution < -0.4 is 5.32 Å². The van der Waals surface area contributed by atoms with Crippen molar-refractivity contribution in [1.82, 2.24) is 5.32 Å². The van der Waals surface area contributed by atoms with E-state index in [2.05, 4.69) is 5.32 Å². The van der Waals surface area contributed by atoms with Gasteiger partial charge in [-0.1, -0.05) is 26.0 Å². The maximum absolute atomic E-state index is 12.0. The van der Waals surface area contributed by atoms with Gasteiger partial charge in [0.1, 0.15) is 6.04 Å². The summed E-state index contributed by atoms with van der Waals surface area (Å²) in [5.41, 5.74) is 1.19. The number of amides is 1. The number of rotatable bonds is 7. The van der Waals surface area contributed by atoms with Crippen molar-refractivity contribution in [3.05, 3.63) is 35.4 Å². The predicted octanol–water partition coefficient (Wildman–Crippen LogP) is 2.11. The highest BCUT2D eigenvalue weighted by Gasteiger charge is 2.23. The molecule has 1 aromatic rings. The van der Waals surface area contributed by atoms with Crippen molar-refractivity contribution in [2.45, 2.75) is 39.2 Å². The first-order chi connectivity index (χ1) is 10.0. The van der Waals surface area contributed by atoms with Gasteiger partial charge in [-0.2, -0.15) is 5.26 Å². The van der Waals surface area contributed by atoms with Gasteiger partial charge in [0.05, 0.1) is 11.6 Å². The van der Waals surface area contributed by atoms with E-state index in [0.717, 1.165) is 0 Å². The van der Waals surface area contributed by atoms with E-state index in [1.165, 1.54) is 0 Å². The van der Waals surface area contributed by atoms with Crippen LogP contribution in [0.1, 0.15) is 37.8 Å².